The third kappa shape index (κ3) is 2.74. The van der Waals surface area contributed by atoms with Gasteiger partial charge in [0.2, 0.25) is 0 Å². The van der Waals surface area contributed by atoms with Crippen LogP contribution in [0.15, 0.2) is 33.1 Å². The molecular weight excluding hydrogens is 206 g/mol. The van der Waals surface area contributed by atoms with Gasteiger partial charge in [-0.2, -0.15) is 0 Å². The third-order valence-corrected chi connectivity index (χ3v) is 2.27. The van der Waals surface area contributed by atoms with E-state index >= 15 is 0 Å². The molecule has 0 unspecified atom stereocenters. The Hall–Kier alpha value is -1.52. The van der Waals surface area contributed by atoms with Gasteiger partial charge in [-0.3, -0.25) is 0 Å². The van der Waals surface area contributed by atoms with Gasteiger partial charge in [-0.25, -0.2) is 0 Å². The summed E-state index contributed by atoms with van der Waals surface area (Å²) in [5.41, 5.74) is 0. The zero-order valence-electron chi connectivity index (χ0n) is 9.19. The number of furan rings is 2. The van der Waals surface area contributed by atoms with Crippen LogP contribution in [0.2, 0.25) is 0 Å². The highest BCUT2D eigenvalue weighted by molar-refractivity contribution is 5.07. The molecule has 0 saturated heterocycles. The predicted molar refractivity (Wildman–Crippen MR) is 58.6 cm³/mol. The highest BCUT2D eigenvalue weighted by Gasteiger charge is 2.02. The molecule has 0 saturated carbocycles. The smallest absolute Gasteiger partial charge is 0.129 e. The molecule has 2 aromatic rings. The van der Waals surface area contributed by atoms with E-state index < -0.39 is 0 Å². The molecule has 0 bridgehead atoms. The van der Waals surface area contributed by atoms with Crippen LogP contribution in [0, 0.1) is 6.92 Å². The second-order valence-electron chi connectivity index (χ2n) is 3.64. The minimum Gasteiger partial charge on any atom is -0.465 e. The van der Waals surface area contributed by atoms with Crippen LogP contribution in [0.4, 0.5) is 0 Å². The van der Waals surface area contributed by atoms with Crippen LogP contribution >= 0.6 is 0 Å². The Morgan fingerprint density at radius 1 is 1.00 bits per heavy atom. The molecule has 0 fully saturated rings. The molecular formula is C12H15NO3. The number of nitrogens with one attached hydrogen (secondary N) is 1. The van der Waals surface area contributed by atoms with Crippen molar-refractivity contribution in [3.05, 3.63) is 47.3 Å². The Morgan fingerprint density at radius 3 is 2.19 bits per heavy atom. The molecule has 4 nitrogen and oxygen atoms in total. The molecule has 2 rings (SSSR count). The molecule has 0 aliphatic heterocycles. The minimum absolute atomic E-state index is 0.0582. The van der Waals surface area contributed by atoms with Crippen LogP contribution in [-0.2, 0) is 19.7 Å². The first-order chi connectivity index (χ1) is 7.78. The van der Waals surface area contributed by atoms with E-state index in [-0.39, 0.29) is 6.61 Å². The number of aliphatic hydroxyl groups excluding tert-OH is 1. The van der Waals surface area contributed by atoms with E-state index in [0.717, 1.165) is 17.3 Å². The van der Waals surface area contributed by atoms with Gasteiger partial charge in [0.25, 0.3) is 0 Å². The van der Waals surface area contributed by atoms with E-state index in [2.05, 4.69) is 5.32 Å². The van der Waals surface area contributed by atoms with Gasteiger partial charge in [-0.05, 0) is 31.2 Å². The van der Waals surface area contributed by atoms with Crippen molar-refractivity contribution in [1.82, 2.24) is 5.32 Å². The van der Waals surface area contributed by atoms with Gasteiger partial charge in [0, 0.05) is 0 Å². The van der Waals surface area contributed by atoms with Crippen molar-refractivity contribution < 1.29 is 13.9 Å². The topological polar surface area (TPSA) is 58.5 Å². The first-order valence-electron chi connectivity index (χ1n) is 5.22. The lowest BCUT2D eigenvalue weighted by Gasteiger charge is -1.99. The number of aryl methyl sites for hydroxylation is 1. The van der Waals surface area contributed by atoms with E-state index in [1.165, 1.54) is 0 Å². The quantitative estimate of drug-likeness (QED) is 0.810. The highest BCUT2D eigenvalue weighted by atomic mass is 16.4. The minimum atomic E-state index is -0.0582. The number of rotatable bonds is 5. The van der Waals surface area contributed by atoms with Crippen molar-refractivity contribution in [2.45, 2.75) is 26.6 Å². The molecule has 0 aliphatic rings. The zero-order valence-corrected chi connectivity index (χ0v) is 9.19. The Kier molecular flexibility index (Phi) is 3.44. The molecule has 0 radical (unpaired) electrons. The van der Waals surface area contributed by atoms with Crippen LogP contribution in [0.5, 0.6) is 0 Å². The van der Waals surface area contributed by atoms with E-state index in [9.17, 15) is 0 Å². The third-order valence-electron chi connectivity index (χ3n) is 2.27. The first kappa shape index (κ1) is 11.0. The van der Waals surface area contributed by atoms with Crippen molar-refractivity contribution in [3.63, 3.8) is 0 Å². The Labute approximate surface area is 93.9 Å². The van der Waals surface area contributed by atoms with Crippen LogP contribution < -0.4 is 5.32 Å². The molecule has 0 aliphatic carbocycles. The van der Waals surface area contributed by atoms with Gasteiger partial charge in [0.1, 0.15) is 29.6 Å². The number of hydrogen-bond acceptors (Lipinski definition) is 4. The Morgan fingerprint density at radius 2 is 1.62 bits per heavy atom. The standard InChI is InChI=1S/C12H15NO3/c1-9-2-3-10(15-9)6-13-7-11-4-5-12(8-14)16-11/h2-5,13-14H,6-8H2,1H3. The van der Waals surface area contributed by atoms with Gasteiger partial charge in [-0.1, -0.05) is 0 Å². The van der Waals surface area contributed by atoms with Crippen molar-refractivity contribution in [2.75, 3.05) is 0 Å². The molecule has 86 valence electrons. The van der Waals surface area contributed by atoms with Gasteiger partial charge in [0.05, 0.1) is 13.1 Å². The largest absolute Gasteiger partial charge is 0.465 e. The van der Waals surface area contributed by atoms with Gasteiger partial charge in [0.15, 0.2) is 0 Å². The molecule has 0 atom stereocenters. The number of aliphatic hydroxyl groups is 1. The summed E-state index contributed by atoms with van der Waals surface area (Å²) in [6, 6.07) is 7.51. The second kappa shape index (κ2) is 5.01. The first-order valence-corrected chi connectivity index (χ1v) is 5.22. The fourth-order valence-corrected chi connectivity index (χ4v) is 1.49. The lowest BCUT2D eigenvalue weighted by molar-refractivity contribution is 0.242. The summed E-state index contributed by atoms with van der Waals surface area (Å²) in [7, 11) is 0. The fraction of sp³-hybridized carbons (Fsp3) is 0.333. The van der Waals surface area contributed by atoms with Gasteiger partial charge in [-0.15, -0.1) is 0 Å². The summed E-state index contributed by atoms with van der Waals surface area (Å²) in [6.45, 7) is 3.16. The van der Waals surface area contributed by atoms with Crippen molar-refractivity contribution in [2.24, 2.45) is 0 Å². The molecule has 0 aromatic carbocycles. The Bertz CT molecular complexity index is 445. The summed E-state index contributed by atoms with van der Waals surface area (Å²) in [5.74, 6) is 3.22. The monoisotopic (exact) mass is 221 g/mol. The maximum absolute atomic E-state index is 8.83. The average Bonchev–Trinajstić information content (AvgIpc) is 2.88. The molecule has 2 N–H and O–H groups in total. The molecule has 2 heterocycles. The second-order valence-corrected chi connectivity index (χ2v) is 3.64. The van der Waals surface area contributed by atoms with Crippen LogP contribution in [0.25, 0.3) is 0 Å². The van der Waals surface area contributed by atoms with E-state index in [0.29, 0.717) is 18.8 Å². The molecule has 16 heavy (non-hydrogen) atoms. The SMILES string of the molecule is Cc1ccc(CNCc2ccc(CO)o2)o1. The molecule has 0 spiro atoms. The zero-order chi connectivity index (χ0) is 11.4. The normalized spacial score (nSPS) is 10.9. The lowest BCUT2D eigenvalue weighted by Crippen LogP contribution is -2.11. The lowest BCUT2D eigenvalue weighted by atomic mass is 10.4. The van der Waals surface area contributed by atoms with Crippen molar-refractivity contribution >= 4 is 0 Å². The summed E-state index contributed by atoms with van der Waals surface area (Å²) in [6.07, 6.45) is 0. The molecule has 2 aromatic heterocycles. The van der Waals surface area contributed by atoms with Crippen molar-refractivity contribution in [3.8, 4) is 0 Å². The van der Waals surface area contributed by atoms with E-state index in [4.69, 9.17) is 13.9 Å². The van der Waals surface area contributed by atoms with Gasteiger partial charge < -0.3 is 19.3 Å². The summed E-state index contributed by atoms with van der Waals surface area (Å²) < 4.78 is 10.7. The van der Waals surface area contributed by atoms with Crippen LogP contribution in [-0.4, -0.2) is 5.11 Å². The maximum Gasteiger partial charge on any atom is 0.129 e. The van der Waals surface area contributed by atoms with Crippen LogP contribution in [0.1, 0.15) is 23.0 Å². The van der Waals surface area contributed by atoms with E-state index in [1.54, 1.807) is 6.07 Å². The van der Waals surface area contributed by atoms with E-state index in [1.807, 2.05) is 25.1 Å². The summed E-state index contributed by atoms with van der Waals surface area (Å²) >= 11 is 0. The summed E-state index contributed by atoms with van der Waals surface area (Å²) in [5, 5.41) is 12.0. The maximum atomic E-state index is 8.83. The predicted octanol–water partition coefficient (Wildman–Crippen LogP) is 1.96. The molecule has 4 heteroatoms. The van der Waals surface area contributed by atoms with Gasteiger partial charge >= 0.3 is 0 Å². The Balaban J connectivity index is 1.79. The average molecular weight is 221 g/mol. The van der Waals surface area contributed by atoms with Crippen LogP contribution in [0.3, 0.4) is 0 Å². The fourth-order valence-electron chi connectivity index (χ4n) is 1.49. The highest BCUT2D eigenvalue weighted by Crippen LogP contribution is 2.09. The summed E-state index contributed by atoms with van der Waals surface area (Å²) in [4.78, 5) is 0. The number of hydrogen-bond donors (Lipinski definition) is 2. The van der Waals surface area contributed by atoms with Crippen molar-refractivity contribution in [1.29, 1.82) is 0 Å². The molecule has 0 amide bonds.